The van der Waals surface area contributed by atoms with Crippen LogP contribution in [0.1, 0.15) is 23.7 Å². The van der Waals surface area contributed by atoms with Crippen molar-refractivity contribution in [3.8, 4) is 5.69 Å². The highest BCUT2D eigenvalue weighted by Gasteiger charge is 2.22. The van der Waals surface area contributed by atoms with Crippen LogP contribution in [0.5, 0.6) is 0 Å². The molecule has 4 heteroatoms. The second-order valence-corrected chi connectivity index (χ2v) is 5.01. The number of rotatable bonds is 2. The molecule has 0 unspecified atom stereocenters. The molecule has 1 aliphatic heterocycles. The van der Waals surface area contributed by atoms with E-state index in [9.17, 15) is 0 Å². The van der Waals surface area contributed by atoms with E-state index in [0.717, 1.165) is 41.5 Å². The summed E-state index contributed by atoms with van der Waals surface area (Å²) in [6.07, 6.45) is 2.04. The van der Waals surface area contributed by atoms with Crippen LogP contribution in [0, 0.1) is 6.92 Å². The van der Waals surface area contributed by atoms with E-state index in [1.54, 1.807) is 0 Å². The molecule has 18 heavy (non-hydrogen) atoms. The topological polar surface area (TPSA) is 29.9 Å². The zero-order valence-electron chi connectivity index (χ0n) is 10.6. The van der Waals surface area contributed by atoms with Gasteiger partial charge in [0.25, 0.3) is 0 Å². The third-order valence-electron chi connectivity index (χ3n) is 3.54. The summed E-state index contributed by atoms with van der Waals surface area (Å²) >= 11 is 6.19. The van der Waals surface area contributed by atoms with Crippen LogP contribution in [0.15, 0.2) is 18.2 Å². The molecule has 0 bridgehead atoms. The molecule has 94 valence electrons. The summed E-state index contributed by atoms with van der Waals surface area (Å²) in [6, 6.07) is 5.95. The molecule has 1 aliphatic rings. The van der Waals surface area contributed by atoms with Crippen molar-refractivity contribution in [1.29, 1.82) is 0 Å². The van der Waals surface area contributed by atoms with Crippen LogP contribution in [0.3, 0.4) is 0 Å². The van der Waals surface area contributed by atoms with Gasteiger partial charge in [-0.1, -0.05) is 24.6 Å². The van der Waals surface area contributed by atoms with Crippen molar-refractivity contribution in [2.75, 3.05) is 11.9 Å². The SMILES string of the molecule is CCc1nn(-c2cccc(Cl)c2C)c2c1CCN2. The summed E-state index contributed by atoms with van der Waals surface area (Å²) in [5.41, 5.74) is 4.68. The molecule has 0 aliphatic carbocycles. The maximum Gasteiger partial charge on any atom is 0.133 e. The summed E-state index contributed by atoms with van der Waals surface area (Å²) < 4.78 is 2.00. The van der Waals surface area contributed by atoms with Gasteiger partial charge in [0.15, 0.2) is 0 Å². The second-order valence-electron chi connectivity index (χ2n) is 4.60. The zero-order chi connectivity index (χ0) is 12.7. The number of aryl methyl sites for hydroxylation is 1. The number of benzene rings is 1. The molecule has 0 fully saturated rings. The molecule has 1 N–H and O–H groups in total. The van der Waals surface area contributed by atoms with E-state index in [4.69, 9.17) is 16.7 Å². The predicted octanol–water partition coefficient (Wildman–Crippen LogP) is 3.36. The number of anilines is 1. The van der Waals surface area contributed by atoms with Crippen LogP contribution in [-0.4, -0.2) is 16.3 Å². The summed E-state index contributed by atoms with van der Waals surface area (Å²) in [5.74, 6) is 1.14. The molecule has 2 aromatic rings. The standard InChI is InChI=1S/C14H16ClN3/c1-3-12-10-7-8-16-14(10)18(17-12)13-6-4-5-11(15)9(13)2/h4-6,16H,3,7-8H2,1-2H3. The van der Waals surface area contributed by atoms with E-state index >= 15 is 0 Å². The van der Waals surface area contributed by atoms with Gasteiger partial charge >= 0.3 is 0 Å². The van der Waals surface area contributed by atoms with E-state index in [1.165, 1.54) is 11.3 Å². The van der Waals surface area contributed by atoms with E-state index in [-0.39, 0.29) is 0 Å². The lowest BCUT2D eigenvalue weighted by Gasteiger charge is -2.10. The quantitative estimate of drug-likeness (QED) is 0.898. The Morgan fingerprint density at radius 1 is 1.44 bits per heavy atom. The lowest BCUT2D eigenvalue weighted by Crippen LogP contribution is -2.06. The predicted molar refractivity (Wildman–Crippen MR) is 74.9 cm³/mol. The van der Waals surface area contributed by atoms with Gasteiger partial charge in [-0.3, -0.25) is 0 Å². The fourth-order valence-electron chi connectivity index (χ4n) is 2.53. The van der Waals surface area contributed by atoms with Crippen molar-refractivity contribution >= 4 is 17.4 Å². The first kappa shape index (κ1) is 11.6. The van der Waals surface area contributed by atoms with Gasteiger partial charge in [-0.25, -0.2) is 4.68 Å². The minimum atomic E-state index is 0.785. The first-order valence-electron chi connectivity index (χ1n) is 6.32. The van der Waals surface area contributed by atoms with E-state index in [2.05, 4.69) is 18.3 Å². The maximum absolute atomic E-state index is 6.19. The summed E-state index contributed by atoms with van der Waals surface area (Å²) in [5, 5.41) is 8.93. The van der Waals surface area contributed by atoms with Gasteiger partial charge in [0, 0.05) is 17.1 Å². The van der Waals surface area contributed by atoms with Crippen LogP contribution in [0.2, 0.25) is 5.02 Å². The van der Waals surface area contributed by atoms with Crippen LogP contribution >= 0.6 is 11.6 Å². The van der Waals surface area contributed by atoms with Crippen molar-refractivity contribution < 1.29 is 0 Å². The molecule has 0 saturated carbocycles. The molecule has 1 aromatic heterocycles. The van der Waals surface area contributed by atoms with Crippen LogP contribution in [-0.2, 0) is 12.8 Å². The zero-order valence-corrected chi connectivity index (χ0v) is 11.4. The maximum atomic E-state index is 6.19. The van der Waals surface area contributed by atoms with E-state index in [1.807, 2.05) is 23.7 Å². The second kappa shape index (κ2) is 4.32. The lowest BCUT2D eigenvalue weighted by molar-refractivity contribution is 0.827. The monoisotopic (exact) mass is 261 g/mol. The molecule has 0 spiro atoms. The fourth-order valence-corrected chi connectivity index (χ4v) is 2.70. The number of hydrogen-bond donors (Lipinski definition) is 1. The Labute approximate surface area is 112 Å². The number of nitrogens with zero attached hydrogens (tertiary/aromatic N) is 2. The van der Waals surface area contributed by atoms with Crippen molar-refractivity contribution in [2.24, 2.45) is 0 Å². The fraction of sp³-hybridized carbons (Fsp3) is 0.357. The Balaban J connectivity index is 2.21. The molecular formula is C14H16ClN3. The largest absolute Gasteiger partial charge is 0.369 e. The average molecular weight is 262 g/mol. The molecule has 0 saturated heterocycles. The van der Waals surface area contributed by atoms with Crippen molar-refractivity contribution in [3.05, 3.63) is 40.0 Å². The normalized spacial score (nSPS) is 13.5. The number of aromatic nitrogens is 2. The number of fused-ring (bicyclic) bond motifs is 1. The molecule has 0 atom stereocenters. The minimum absolute atomic E-state index is 0.785. The highest BCUT2D eigenvalue weighted by atomic mass is 35.5. The van der Waals surface area contributed by atoms with Gasteiger partial charge in [-0.15, -0.1) is 0 Å². The highest BCUT2D eigenvalue weighted by Crippen LogP contribution is 2.31. The van der Waals surface area contributed by atoms with Crippen LogP contribution in [0.25, 0.3) is 5.69 Å². The van der Waals surface area contributed by atoms with Crippen molar-refractivity contribution in [2.45, 2.75) is 26.7 Å². The Bertz CT molecular complexity index is 601. The Hall–Kier alpha value is -1.48. The van der Waals surface area contributed by atoms with Gasteiger partial charge in [0.05, 0.1) is 11.4 Å². The average Bonchev–Trinajstić information content (AvgIpc) is 2.94. The molecule has 0 radical (unpaired) electrons. The van der Waals surface area contributed by atoms with Crippen LogP contribution < -0.4 is 5.32 Å². The van der Waals surface area contributed by atoms with Crippen LogP contribution in [0.4, 0.5) is 5.82 Å². The number of halogens is 1. The molecule has 3 nitrogen and oxygen atoms in total. The van der Waals surface area contributed by atoms with E-state index in [0.29, 0.717) is 0 Å². The number of nitrogens with one attached hydrogen (secondary N) is 1. The Kier molecular flexibility index (Phi) is 2.78. The lowest BCUT2D eigenvalue weighted by atomic mass is 10.1. The molecule has 0 amide bonds. The number of hydrogen-bond acceptors (Lipinski definition) is 2. The van der Waals surface area contributed by atoms with Gasteiger partial charge in [-0.05, 0) is 37.5 Å². The highest BCUT2D eigenvalue weighted by molar-refractivity contribution is 6.31. The molecule has 2 heterocycles. The minimum Gasteiger partial charge on any atom is -0.369 e. The smallest absolute Gasteiger partial charge is 0.133 e. The third-order valence-corrected chi connectivity index (χ3v) is 3.95. The van der Waals surface area contributed by atoms with Crippen molar-refractivity contribution in [1.82, 2.24) is 9.78 Å². The van der Waals surface area contributed by atoms with E-state index < -0.39 is 0 Å². The summed E-state index contributed by atoms with van der Waals surface area (Å²) in [4.78, 5) is 0. The van der Waals surface area contributed by atoms with Gasteiger partial charge in [-0.2, -0.15) is 5.10 Å². The molecule has 1 aromatic carbocycles. The van der Waals surface area contributed by atoms with Crippen molar-refractivity contribution in [3.63, 3.8) is 0 Å². The van der Waals surface area contributed by atoms with Gasteiger partial charge in [0.2, 0.25) is 0 Å². The Morgan fingerprint density at radius 3 is 3.06 bits per heavy atom. The molecular weight excluding hydrogens is 246 g/mol. The molecule has 3 rings (SSSR count). The first-order chi connectivity index (χ1) is 8.72. The summed E-state index contributed by atoms with van der Waals surface area (Å²) in [7, 11) is 0. The Morgan fingerprint density at radius 2 is 2.28 bits per heavy atom. The first-order valence-corrected chi connectivity index (χ1v) is 6.70. The summed E-state index contributed by atoms with van der Waals surface area (Å²) in [6.45, 7) is 5.18. The third kappa shape index (κ3) is 1.62. The van der Waals surface area contributed by atoms with Gasteiger partial charge in [0.1, 0.15) is 5.82 Å². The van der Waals surface area contributed by atoms with Gasteiger partial charge < -0.3 is 5.32 Å².